The van der Waals surface area contributed by atoms with Crippen molar-refractivity contribution in [1.82, 2.24) is 20.0 Å². The van der Waals surface area contributed by atoms with Crippen molar-refractivity contribution in [2.75, 3.05) is 13.1 Å². The summed E-state index contributed by atoms with van der Waals surface area (Å²) in [6.07, 6.45) is 3.36. The minimum atomic E-state index is -0.359. The highest BCUT2D eigenvalue weighted by Gasteiger charge is 2.26. The molecule has 1 saturated heterocycles. The molecule has 2 amide bonds. The summed E-state index contributed by atoms with van der Waals surface area (Å²) >= 11 is 0. The Balaban J connectivity index is 1.99. The number of aryl methyl sites for hydroxylation is 2. The van der Waals surface area contributed by atoms with Crippen LogP contribution < -0.4 is 5.32 Å². The van der Waals surface area contributed by atoms with Crippen molar-refractivity contribution in [3.8, 4) is 0 Å². The Labute approximate surface area is 138 Å². The number of hydrogen-bond acceptors (Lipinski definition) is 3. The molecule has 2 rings (SSSR count). The molecule has 1 aliphatic heterocycles. The van der Waals surface area contributed by atoms with Crippen LogP contribution in [-0.2, 0) is 26.4 Å². The van der Waals surface area contributed by atoms with Crippen molar-refractivity contribution in [2.45, 2.75) is 59.1 Å². The summed E-state index contributed by atoms with van der Waals surface area (Å²) in [5.74, 6) is 0.185. The van der Waals surface area contributed by atoms with Crippen molar-refractivity contribution in [2.24, 2.45) is 13.0 Å². The second-order valence-electron chi connectivity index (χ2n) is 6.45. The van der Waals surface area contributed by atoms with Crippen molar-refractivity contribution in [1.29, 1.82) is 0 Å². The Morgan fingerprint density at radius 2 is 2.17 bits per heavy atom. The smallest absolute Gasteiger partial charge is 0.317 e. The molecule has 0 aliphatic carbocycles. The lowest BCUT2D eigenvalue weighted by molar-refractivity contribution is 0.0738. The van der Waals surface area contributed by atoms with Crippen LogP contribution in [0.25, 0.3) is 0 Å². The van der Waals surface area contributed by atoms with E-state index in [0.29, 0.717) is 13.1 Å². The number of likely N-dealkylation sites (tertiary alicyclic amines) is 1. The Bertz CT molecular complexity index is 539. The first-order chi connectivity index (χ1) is 11.0. The molecular weight excluding hydrogens is 292 g/mol. The van der Waals surface area contributed by atoms with Gasteiger partial charge in [0.15, 0.2) is 0 Å². The van der Waals surface area contributed by atoms with E-state index in [1.54, 1.807) is 0 Å². The number of rotatable bonds is 5. The van der Waals surface area contributed by atoms with Crippen molar-refractivity contribution < 1.29 is 9.90 Å². The second-order valence-corrected chi connectivity index (χ2v) is 6.45. The molecule has 23 heavy (non-hydrogen) atoms. The van der Waals surface area contributed by atoms with E-state index in [-0.39, 0.29) is 18.1 Å². The van der Waals surface area contributed by atoms with Gasteiger partial charge in [-0.15, -0.1) is 0 Å². The lowest BCUT2D eigenvalue weighted by atomic mass is 9.94. The monoisotopic (exact) mass is 322 g/mol. The van der Waals surface area contributed by atoms with Gasteiger partial charge in [0.1, 0.15) is 0 Å². The molecule has 1 aliphatic rings. The minimum absolute atomic E-state index is 0.0386. The molecule has 2 unspecified atom stereocenters. The normalized spacial score (nSPS) is 19.7. The van der Waals surface area contributed by atoms with Gasteiger partial charge >= 0.3 is 6.03 Å². The summed E-state index contributed by atoms with van der Waals surface area (Å²) in [7, 11) is 1.96. The van der Waals surface area contributed by atoms with Crippen molar-refractivity contribution in [3.63, 3.8) is 0 Å². The van der Waals surface area contributed by atoms with E-state index in [0.717, 1.165) is 43.5 Å². The molecule has 0 saturated carbocycles. The maximum absolute atomic E-state index is 12.5. The van der Waals surface area contributed by atoms with Gasteiger partial charge in [0.2, 0.25) is 0 Å². The summed E-state index contributed by atoms with van der Waals surface area (Å²) in [5, 5.41) is 17.3. The molecule has 2 atom stereocenters. The topological polar surface area (TPSA) is 70.4 Å². The van der Waals surface area contributed by atoms with Crippen LogP contribution in [0.2, 0.25) is 0 Å². The number of hydrogen-bond donors (Lipinski definition) is 2. The van der Waals surface area contributed by atoms with Crippen LogP contribution in [0.3, 0.4) is 0 Å². The molecule has 0 radical (unpaired) electrons. The quantitative estimate of drug-likeness (QED) is 0.869. The molecule has 1 aromatic heterocycles. The largest absolute Gasteiger partial charge is 0.393 e. The van der Waals surface area contributed by atoms with Crippen LogP contribution in [0.1, 0.15) is 50.6 Å². The third-order valence-corrected chi connectivity index (χ3v) is 4.87. The number of amides is 2. The maximum atomic E-state index is 12.5. The molecule has 6 nitrogen and oxygen atoms in total. The second kappa shape index (κ2) is 7.81. The molecule has 0 spiro atoms. The maximum Gasteiger partial charge on any atom is 0.317 e. The van der Waals surface area contributed by atoms with Gasteiger partial charge in [-0.1, -0.05) is 13.8 Å². The zero-order valence-corrected chi connectivity index (χ0v) is 14.8. The predicted molar refractivity (Wildman–Crippen MR) is 90.2 cm³/mol. The Kier molecular flexibility index (Phi) is 6.04. The molecule has 6 heteroatoms. The lowest BCUT2D eigenvalue weighted by Gasteiger charge is -2.34. The van der Waals surface area contributed by atoms with Crippen LogP contribution >= 0.6 is 0 Å². The van der Waals surface area contributed by atoms with E-state index >= 15 is 0 Å². The Morgan fingerprint density at radius 3 is 2.78 bits per heavy atom. The molecule has 0 bridgehead atoms. The van der Waals surface area contributed by atoms with Crippen LogP contribution in [-0.4, -0.2) is 45.0 Å². The highest BCUT2D eigenvalue weighted by Crippen LogP contribution is 2.20. The lowest BCUT2D eigenvalue weighted by Crippen LogP contribution is -2.47. The predicted octanol–water partition coefficient (Wildman–Crippen LogP) is 1.85. The fourth-order valence-electron chi connectivity index (χ4n) is 3.46. The molecule has 0 aromatic carbocycles. The van der Waals surface area contributed by atoms with E-state index in [1.807, 2.05) is 23.6 Å². The average molecular weight is 322 g/mol. The van der Waals surface area contributed by atoms with E-state index in [1.165, 1.54) is 5.69 Å². The van der Waals surface area contributed by atoms with E-state index < -0.39 is 0 Å². The molecule has 1 fully saturated rings. The van der Waals surface area contributed by atoms with Gasteiger partial charge in [-0.2, -0.15) is 5.10 Å². The van der Waals surface area contributed by atoms with Crippen LogP contribution in [0.5, 0.6) is 0 Å². The number of nitrogens with one attached hydrogen (secondary N) is 1. The van der Waals surface area contributed by atoms with Crippen LogP contribution in [0.4, 0.5) is 4.79 Å². The number of aliphatic hydroxyl groups is 1. The molecule has 2 N–H and O–H groups in total. The summed E-state index contributed by atoms with van der Waals surface area (Å²) in [6, 6.07) is -0.0386. The highest BCUT2D eigenvalue weighted by molar-refractivity contribution is 5.74. The van der Waals surface area contributed by atoms with Gasteiger partial charge in [0.25, 0.3) is 0 Å². The summed E-state index contributed by atoms with van der Waals surface area (Å²) in [6.45, 7) is 7.93. The molecule has 1 aromatic rings. The molecule has 130 valence electrons. The first-order valence-electron chi connectivity index (χ1n) is 8.72. The number of urea groups is 1. The Morgan fingerprint density at radius 1 is 1.43 bits per heavy atom. The first kappa shape index (κ1) is 17.8. The standard InChI is InChI=1S/C17H30N4O2/c1-5-15-14(16(6-2)20(4)19-15)10-18-17(23)21-9-7-8-13(11-21)12(3)22/h12-13,22H,5-11H2,1-4H3,(H,18,23). The fraction of sp³-hybridized carbons (Fsp3) is 0.765. The van der Waals surface area contributed by atoms with Crippen molar-refractivity contribution >= 4 is 6.03 Å². The highest BCUT2D eigenvalue weighted by atomic mass is 16.3. The molecular formula is C17H30N4O2. The Hall–Kier alpha value is -1.56. The van der Waals surface area contributed by atoms with Gasteiger partial charge in [0.05, 0.1) is 11.8 Å². The summed E-state index contributed by atoms with van der Waals surface area (Å²) < 4.78 is 1.92. The van der Waals surface area contributed by atoms with Crippen LogP contribution in [0, 0.1) is 5.92 Å². The summed E-state index contributed by atoms with van der Waals surface area (Å²) in [5.41, 5.74) is 3.39. The average Bonchev–Trinajstić information content (AvgIpc) is 2.87. The zero-order valence-electron chi connectivity index (χ0n) is 14.8. The van der Waals surface area contributed by atoms with E-state index in [4.69, 9.17) is 0 Å². The summed E-state index contributed by atoms with van der Waals surface area (Å²) in [4.78, 5) is 14.3. The number of nitrogens with zero attached hydrogens (tertiary/aromatic N) is 3. The first-order valence-corrected chi connectivity index (χ1v) is 8.72. The minimum Gasteiger partial charge on any atom is -0.393 e. The van der Waals surface area contributed by atoms with Gasteiger partial charge in [-0.25, -0.2) is 4.79 Å². The third-order valence-electron chi connectivity index (χ3n) is 4.87. The van der Waals surface area contributed by atoms with Crippen molar-refractivity contribution in [3.05, 3.63) is 17.0 Å². The van der Waals surface area contributed by atoms with Gasteiger partial charge in [-0.05, 0) is 32.6 Å². The van der Waals surface area contributed by atoms with Gasteiger partial charge in [-0.3, -0.25) is 4.68 Å². The number of piperidine rings is 1. The number of carbonyl (C=O) groups excluding carboxylic acids is 1. The van der Waals surface area contributed by atoms with E-state index in [2.05, 4.69) is 24.3 Å². The van der Waals surface area contributed by atoms with Crippen LogP contribution in [0.15, 0.2) is 0 Å². The third kappa shape index (κ3) is 4.05. The van der Waals surface area contributed by atoms with Gasteiger partial charge in [0, 0.05) is 43.9 Å². The number of aromatic nitrogens is 2. The zero-order chi connectivity index (χ0) is 17.0. The number of aliphatic hydroxyl groups excluding tert-OH is 1. The van der Waals surface area contributed by atoms with Gasteiger partial charge < -0.3 is 15.3 Å². The SMILES string of the molecule is CCc1nn(C)c(CC)c1CNC(=O)N1CCCC(C(C)O)C1. The number of carbonyl (C=O) groups is 1. The van der Waals surface area contributed by atoms with E-state index in [9.17, 15) is 9.90 Å². The molecule has 2 heterocycles. The fourth-order valence-corrected chi connectivity index (χ4v) is 3.46.